The number of hydrogen-bond donors (Lipinski definition) is 0. The van der Waals surface area contributed by atoms with Gasteiger partial charge in [0.15, 0.2) is 0 Å². The molecule has 0 spiro atoms. The Morgan fingerprint density at radius 3 is 2.58 bits per heavy atom. The molecule has 2 aromatic carbocycles. The predicted octanol–water partition coefficient (Wildman–Crippen LogP) is 4.97. The quantitative estimate of drug-likeness (QED) is 0.258. The molecular weight excluding hydrogens is 377 g/mol. The molecule has 0 aliphatic rings. The van der Waals surface area contributed by atoms with Crippen LogP contribution in [0.25, 0.3) is 11.3 Å². The van der Waals surface area contributed by atoms with Crippen LogP contribution in [0.2, 0.25) is 10.0 Å². The van der Waals surface area contributed by atoms with Crippen molar-refractivity contribution in [1.82, 2.24) is 9.55 Å². The van der Waals surface area contributed by atoms with E-state index in [-0.39, 0.29) is 10.8 Å². The summed E-state index contributed by atoms with van der Waals surface area (Å²) in [5, 5.41) is 11.0. The Bertz CT molecular complexity index is 942. The largest absolute Gasteiger partial charge is 0.333 e. The van der Waals surface area contributed by atoms with Crippen molar-refractivity contribution in [3.8, 4) is 0 Å². The Kier molecular flexibility index (Phi) is 5.55. The van der Waals surface area contributed by atoms with Crippen molar-refractivity contribution in [3.05, 3.63) is 98.5 Å². The molecule has 0 N–H and O–H groups in total. The van der Waals surface area contributed by atoms with Gasteiger partial charge in [-0.3, -0.25) is 4.84 Å². The highest BCUT2D eigenvalue weighted by atomic mass is 35.5. The van der Waals surface area contributed by atoms with E-state index in [1.54, 1.807) is 35.4 Å². The first-order valence-electron chi connectivity index (χ1n) is 7.56. The molecule has 3 rings (SSSR count). The monoisotopic (exact) mass is 389 g/mol. The number of imidazole rings is 1. The third kappa shape index (κ3) is 4.22. The van der Waals surface area contributed by atoms with E-state index in [2.05, 4.69) is 4.98 Å². The molecular formula is C18H13Cl2N3O3. The van der Waals surface area contributed by atoms with Crippen molar-refractivity contribution in [2.24, 2.45) is 0 Å². The molecule has 0 aliphatic heterocycles. The molecule has 0 atom stereocenters. The lowest BCUT2D eigenvalue weighted by Crippen LogP contribution is -2.07. The lowest BCUT2D eigenvalue weighted by molar-refractivity contribution is -0.730. The summed E-state index contributed by atoms with van der Waals surface area (Å²) in [4.78, 5) is 20.1. The van der Waals surface area contributed by atoms with Gasteiger partial charge < -0.3 is 4.57 Å². The van der Waals surface area contributed by atoms with E-state index in [0.717, 1.165) is 5.56 Å². The zero-order valence-corrected chi connectivity index (χ0v) is 14.9. The van der Waals surface area contributed by atoms with Gasteiger partial charge in [0.05, 0.1) is 17.9 Å². The molecule has 6 nitrogen and oxygen atoms in total. The predicted molar refractivity (Wildman–Crippen MR) is 100 cm³/mol. The van der Waals surface area contributed by atoms with Crippen LogP contribution >= 0.6 is 23.2 Å². The lowest BCUT2D eigenvalue weighted by Gasteiger charge is -2.16. The van der Waals surface area contributed by atoms with Crippen LogP contribution in [-0.4, -0.2) is 14.6 Å². The van der Waals surface area contributed by atoms with Crippen molar-refractivity contribution in [2.75, 3.05) is 0 Å². The summed E-state index contributed by atoms with van der Waals surface area (Å²) in [7, 11) is 0. The molecule has 0 saturated heterocycles. The summed E-state index contributed by atoms with van der Waals surface area (Å²) in [5.41, 5.74) is 1.74. The standard InChI is InChI=1S/C18H13Cl2N3O3/c19-14-6-7-15(17(20)10-14)18(26-23(24)25)16(11-22-9-8-21-12-22)13-4-2-1-3-5-13/h1-10,12H,11H2. The van der Waals surface area contributed by atoms with Crippen LogP contribution < -0.4 is 0 Å². The van der Waals surface area contributed by atoms with Crippen LogP contribution in [0.15, 0.2) is 67.3 Å². The molecule has 8 heteroatoms. The first-order chi connectivity index (χ1) is 12.5. The Morgan fingerprint density at radius 1 is 1.19 bits per heavy atom. The van der Waals surface area contributed by atoms with Crippen LogP contribution in [0.1, 0.15) is 11.1 Å². The normalized spacial score (nSPS) is 11.8. The van der Waals surface area contributed by atoms with Crippen molar-refractivity contribution >= 4 is 34.5 Å². The maximum absolute atomic E-state index is 11.2. The third-order valence-electron chi connectivity index (χ3n) is 3.64. The minimum absolute atomic E-state index is 0.0524. The van der Waals surface area contributed by atoms with Crippen LogP contribution in [0, 0.1) is 10.1 Å². The molecule has 0 amide bonds. The van der Waals surface area contributed by atoms with Crippen molar-refractivity contribution < 1.29 is 9.92 Å². The van der Waals surface area contributed by atoms with Gasteiger partial charge in [-0.05, 0) is 23.8 Å². The zero-order chi connectivity index (χ0) is 18.5. The van der Waals surface area contributed by atoms with Gasteiger partial charge in [-0.2, -0.15) is 0 Å². The fourth-order valence-electron chi connectivity index (χ4n) is 2.51. The number of allylic oxidation sites excluding steroid dienone is 1. The second kappa shape index (κ2) is 8.03. The minimum Gasteiger partial charge on any atom is -0.333 e. The molecule has 1 aromatic heterocycles. The number of aromatic nitrogens is 2. The van der Waals surface area contributed by atoms with Crippen LogP contribution in [0.5, 0.6) is 0 Å². The Labute approximate surface area is 159 Å². The summed E-state index contributed by atoms with van der Waals surface area (Å²) < 4.78 is 1.79. The van der Waals surface area contributed by atoms with Gasteiger partial charge in [0.1, 0.15) is 5.76 Å². The molecule has 3 aromatic rings. The number of nitrogens with zero attached hydrogens (tertiary/aromatic N) is 3. The SMILES string of the molecule is O=[N+]([O-])OC(=C(Cn1ccnc1)c1ccccc1)c1ccc(Cl)cc1Cl. The van der Waals surface area contributed by atoms with Gasteiger partial charge >= 0.3 is 0 Å². The maximum atomic E-state index is 11.2. The second-order valence-electron chi connectivity index (χ2n) is 5.35. The summed E-state index contributed by atoms with van der Waals surface area (Å²) in [6.45, 7) is 0.312. The molecule has 0 bridgehead atoms. The number of rotatable bonds is 6. The molecule has 0 radical (unpaired) electrons. The van der Waals surface area contributed by atoms with E-state index >= 15 is 0 Å². The highest BCUT2D eigenvalue weighted by Crippen LogP contribution is 2.34. The topological polar surface area (TPSA) is 70.2 Å². The Hall–Kier alpha value is -2.83. The van der Waals surface area contributed by atoms with Gasteiger partial charge in [-0.25, -0.2) is 4.98 Å². The number of halogens is 2. The summed E-state index contributed by atoms with van der Waals surface area (Å²) in [5.74, 6) is 0.0524. The van der Waals surface area contributed by atoms with Crippen LogP contribution in [-0.2, 0) is 11.4 Å². The third-order valence-corrected chi connectivity index (χ3v) is 4.19. The molecule has 0 fully saturated rings. The molecule has 0 unspecified atom stereocenters. The van der Waals surface area contributed by atoms with Gasteiger partial charge in [-0.1, -0.05) is 53.5 Å². The highest BCUT2D eigenvalue weighted by Gasteiger charge is 2.19. The Balaban J connectivity index is 2.23. The summed E-state index contributed by atoms with van der Waals surface area (Å²) in [6, 6.07) is 14.0. The molecule has 0 saturated carbocycles. The van der Waals surface area contributed by atoms with Gasteiger partial charge in [0, 0.05) is 28.6 Å². The minimum atomic E-state index is -0.850. The lowest BCUT2D eigenvalue weighted by atomic mass is 10.0. The smallest absolute Gasteiger partial charge is 0.299 e. The maximum Gasteiger partial charge on any atom is 0.299 e. The van der Waals surface area contributed by atoms with E-state index in [0.29, 0.717) is 22.7 Å². The summed E-state index contributed by atoms with van der Waals surface area (Å²) in [6.07, 6.45) is 5.01. The van der Waals surface area contributed by atoms with Crippen LogP contribution in [0.3, 0.4) is 0 Å². The molecule has 1 heterocycles. The second-order valence-corrected chi connectivity index (χ2v) is 6.19. The highest BCUT2D eigenvalue weighted by molar-refractivity contribution is 6.35. The van der Waals surface area contributed by atoms with Gasteiger partial charge in [0.25, 0.3) is 5.09 Å². The average molecular weight is 390 g/mol. The first-order valence-corrected chi connectivity index (χ1v) is 8.32. The number of hydrogen-bond acceptors (Lipinski definition) is 4. The number of benzene rings is 2. The summed E-state index contributed by atoms with van der Waals surface area (Å²) >= 11 is 12.2. The molecule has 132 valence electrons. The molecule has 26 heavy (non-hydrogen) atoms. The fourth-order valence-corrected chi connectivity index (χ4v) is 3.01. The first kappa shape index (κ1) is 18.0. The van der Waals surface area contributed by atoms with Crippen LogP contribution in [0.4, 0.5) is 0 Å². The zero-order valence-electron chi connectivity index (χ0n) is 13.4. The molecule has 0 aliphatic carbocycles. The van der Waals surface area contributed by atoms with E-state index in [4.69, 9.17) is 28.0 Å². The van der Waals surface area contributed by atoms with E-state index in [1.165, 1.54) is 6.07 Å². The average Bonchev–Trinajstić information content (AvgIpc) is 3.12. The van der Waals surface area contributed by atoms with E-state index in [1.807, 2.05) is 30.3 Å². The van der Waals surface area contributed by atoms with E-state index < -0.39 is 5.09 Å². The van der Waals surface area contributed by atoms with E-state index in [9.17, 15) is 10.1 Å². The Morgan fingerprint density at radius 2 is 1.96 bits per heavy atom. The fraction of sp³-hybridized carbons (Fsp3) is 0.0556. The van der Waals surface area contributed by atoms with Gasteiger partial charge in [-0.15, -0.1) is 10.1 Å². The van der Waals surface area contributed by atoms with Crippen molar-refractivity contribution in [3.63, 3.8) is 0 Å². The van der Waals surface area contributed by atoms with Gasteiger partial charge in [0.2, 0.25) is 0 Å². The van der Waals surface area contributed by atoms with Crippen molar-refractivity contribution in [2.45, 2.75) is 6.54 Å². The van der Waals surface area contributed by atoms with Crippen molar-refractivity contribution in [1.29, 1.82) is 0 Å².